The number of imidazole rings is 1. The highest BCUT2D eigenvalue weighted by atomic mass is 32.2. The van der Waals surface area contributed by atoms with Gasteiger partial charge in [-0.3, -0.25) is 5.10 Å². The van der Waals surface area contributed by atoms with E-state index in [2.05, 4.69) is 20.2 Å². The third-order valence-electron chi connectivity index (χ3n) is 2.11. The minimum Gasteiger partial charge on any atom is -0.347 e. The first-order chi connectivity index (χ1) is 7.60. The molecule has 0 spiro atoms. The van der Waals surface area contributed by atoms with Crippen LogP contribution in [-0.2, 0) is 16.6 Å². The van der Waals surface area contributed by atoms with Gasteiger partial charge in [0, 0.05) is 25.6 Å². The van der Waals surface area contributed by atoms with Crippen LogP contribution >= 0.6 is 0 Å². The van der Waals surface area contributed by atoms with Gasteiger partial charge in [0.1, 0.15) is 10.7 Å². The number of hydrogen-bond donors (Lipinski definition) is 2. The van der Waals surface area contributed by atoms with Crippen LogP contribution in [0, 0.1) is 0 Å². The van der Waals surface area contributed by atoms with Crippen molar-refractivity contribution in [3.8, 4) is 0 Å². The normalized spacial score (nSPS) is 12.1. The average molecular weight is 241 g/mol. The van der Waals surface area contributed by atoms with Crippen LogP contribution in [0.3, 0.4) is 0 Å². The summed E-state index contributed by atoms with van der Waals surface area (Å²) in [6.07, 6.45) is 5.84. The van der Waals surface area contributed by atoms with Gasteiger partial charge in [-0.05, 0) is 0 Å². The van der Waals surface area contributed by atoms with Crippen molar-refractivity contribution in [3.05, 3.63) is 30.6 Å². The van der Waals surface area contributed by atoms with Crippen molar-refractivity contribution in [3.63, 3.8) is 0 Å². The van der Waals surface area contributed by atoms with E-state index in [9.17, 15) is 8.42 Å². The molecule has 0 unspecified atom stereocenters. The van der Waals surface area contributed by atoms with Crippen LogP contribution in [0.25, 0.3) is 0 Å². The van der Waals surface area contributed by atoms with Gasteiger partial charge in [-0.1, -0.05) is 0 Å². The Morgan fingerprint density at radius 3 is 2.88 bits per heavy atom. The third kappa shape index (κ3) is 1.97. The van der Waals surface area contributed by atoms with Crippen molar-refractivity contribution in [1.82, 2.24) is 24.5 Å². The summed E-state index contributed by atoms with van der Waals surface area (Å²) in [6.45, 7) is 0.195. The molecule has 0 fully saturated rings. The largest absolute Gasteiger partial charge is 0.347 e. The zero-order valence-corrected chi connectivity index (χ0v) is 9.40. The first kappa shape index (κ1) is 10.8. The first-order valence-electron chi connectivity index (χ1n) is 4.54. The molecule has 2 aromatic heterocycles. The summed E-state index contributed by atoms with van der Waals surface area (Å²) in [7, 11) is -2.00. The van der Waals surface area contributed by atoms with Crippen molar-refractivity contribution in [2.24, 2.45) is 0 Å². The Morgan fingerprint density at radius 2 is 2.31 bits per heavy atom. The number of H-pyrrole nitrogens is 2. The van der Waals surface area contributed by atoms with Gasteiger partial charge in [-0.15, -0.1) is 0 Å². The predicted molar refractivity (Wildman–Crippen MR) is 55.8 cm³/mol. The zero-order valence-electron chi connectivity index (χ0n) is 8.58. The van der Waals surface area contributed by atoms with Gasteiger partial charge in [0.25, 0.3) is 0 Å². The number of hydrogen-bond acceptors (Lipinski definition) is 4. The summed E-state index contributed by atoms with van der Waals surface area (Å²) in [5.74, 6) is 0.592. The summed E-state index contributed by atoms with van der Waals surface area (Å²) in [6, 6.07) is 0. The van der Waals surface area contributed by atoms with E-state index in [1.165, 1.54) is 23.7 Å². The molecule has 2 N–H and O–H groups in total. The molecule has 0 amide bonds. The van der Waals surface area contributed by atoms with Crippen molar-refractivity contribution in [2.45, 2.75) is 11.4 Å². The fourth-order valence-corrected chi connectivity index (χ4v) is 2.28. The number of nitrogens with one attached hydrogen (secondary N) is 2. The van der Waals surface area contributed by atoms with E-state index in [0.717, 1.165) is 0 Å². The van der Waals surface area contributed by atoms with Gasteiger partial charge in [-0.25, -0.2) is 13.4 Å². The Bertz CT molecular complexity index is 531. The van der Waals surface area contributed by atoms with Crippen LogP contribution in [0.2, 0.25) is 0 Å². The topological polar surface area (TPSA) is 94.7 Å². The van der Waals surface area contributed by atoms with E-state index in [-0.39, 0.29) is 11.4 Å². The molecule has 0 saturated heterocycles. The molecule has 0 aliphatic carbocycles. The van der Waals surface area contributed by atoms with Gasteiger partial charge < -0.3 is 4.98 Å². The van der Waals surface area contributed by atoms with Crippen molar-refractivity contribution < 1.29 is 8.42 Å². The Labute approximate surface area is 92.6 Å². The fourth-order valence-electron chi connectivity index (χ4n) is 1.24. The zero-order chi connectivity index (χ0) is 11.6. The Hall–Kier alpha value is -1.67. The molecule has 86 valence electrons. The second kappa shape index (κ2) is 4.06. The molecule has 2 aromatic rings. The molecule has 7 nitrogen and oxygen atoms in total. The average Bonchev–Trinajstić information content (AvgIpc) is 2.89. The summed E-state index contributed by atoms with van der Waals surface area (Å²) < 4.78 is 25.1. The molecule has 0 aliphatic heterocycles. The number of nitrogens with zero attached hydrogens (tertiary/aromatic N) is 3. The van der Waals surface area contributed by atoms with E-state index in [1.54, 1.807) is 12.4 Å². The van der Waals surface area contributed by atoms with Crippen LogP contribution in [0.4, 0.5) is 0 Å². The van der Waals surface area contributed by atoms with Crippen molar-refractivity contribution >= 4 is 10.0 Å². The Kier molecular flexibility index (Phi) is 2.75. The van der Waals surface area contributed by atoms with E-state index >= 15 is 0 Å². The van der Waals surface area contributed by atoms with Gasteiger partial charge >= 0.3 is 0 Å². The molecule has 16 heavy (non-hydrogen) atoms. The monoisotopic (exact) mass is 241 g/mol. The number of rotatable bonds is 4. The van der Waals surface area contributed by atoms with Crippen molar-refractivity contribution in [1.29, 1.82) is 0 Å². The summed E-state index contributed by atoms with van der Waals surface area (Å²) >= 11 is 0. The Morgan fingerprint density at radius 1 is 1.50 bits per heavy atom. The fraction of sp³-hybridized carbons (Fsp3) is 0.250. The van der Waals surface area contributed by atoms with E-state index in [1.807, 2.05) is 0 Å². The maximum atomic E-state index is 11.9. The summed E-state index contributed by atoms with van der Waals surface area (Å²) in [5, 5.41) is 6.08. The lowest BCUT2D eigenvalue weighted by molar-refractivity contribution is 0.458. The van der Waals surface area contributed by atoms with Gasteiger partial charge in [-0.2, -0.15) is 9.40 Å². The molecule has 0 bridgehead atoms. The second-order valence-corrected chi connectivity index (χ2v) is 5.28. The highest BCUT2D eigenvalue weighted by Crippen LogP contribution is 2.13. The quantitative estimate of drug-likeness (QED) is 0.784. The van der Waals surface area contributed by atoms with Gasteiger partial charge in [0.05, 0.1) is 12.7 Å². The molecule has 2 rings (SSSR count). The maximum absolute atomic E-state index is 11.9. The lowest BCUT2D eigenvalue weighted by Crippen LogP contribution is -2.26. The van der Waals surface area contributed by atoms with E-state index < -0.39 is 10.0 Å². The molecular weight excluding hydrogens is 230 g/mol. The van der Waals surface area contributed by atoms with Gasteiger partial charge in [0.2, 0.25) is 10.0 Å². The maximum Gasteiger partial charge on any atom is 0.246 e. The molecule has 0 radical (unpaired) electrons. The molecule has 0 aromatic carbocycles. The van der Waals surface area contributed by atoms with Crippen LogP contribution in [0.5, 0.6) is 0 Å². The number of aromatic nitrogens is 4. The molecule has 0 saturated carbocycles. The van der Waals surface area contributed by atoms with Crippen LogP contribution in [-0.4, -0.2) is 39.9 Å². The Balaban J connectivity index is 2.19. The van der Waals surface area contributed by atoms with E-state index in [0.29, 0.717) is 5.82 Å². The van der Waals surface area contributed by atoms with Crippen LogP contribution < -0.4 is 0 Å². The molecule has 8 heteroatoms. The van der Waals surface area contributed by atoms with E-state index in [4.69, 9.17) is 0 Å². The smallest absolute Gasteiger partial charge is 0.246 e. The lowest BCUT2D eigenvalue weighted by Gasteiger charge is -2.14. The highest BCUT2D eigenvalue weighted by molar-refractivity contribution is 7.89. The van der Waals surface area contributed by atoms with Crippen molar-refractivity contribution in [2.75, 3.05) is 7.05 Å². The number of aromatic amines is 2. The third-order valence-corrected chi connectivity index (χ3v) is 3.88. The standard InChI is InChI=1S/C8H11N5O2S/c1-13(6-8-9-2-3-10-8)16(14,15)7-4-11-12-5-7/h2-5H,6H2,1H3,(H,9,10)(H,11,12). The molecule has 0 aliphatic rings. The minimum atomic E-state index is -3.49. The SMILES string of the molecule is CN(Cc1ncc[nH]1)S(=O)(=O)c1cn[nH]c1. The second-order valence-electron chi connectivity index (χ2n) is 3.23. The van der Waals surface area contributed by atoms with Crippen LogP contribution in [0.1, 0.15) is 5.82 Å². The predicted octanol–water partition coefficient (Wildman–Crippen LogP) is -0.0465. The lowest BCUT2D eigenvalue weighted by atomic mass is 10.6. The molecule has 0 atom stereocenters. The number of sulfonamides is 1. The highest BCUT2D eigenvalue weighted by Gasteiger charge is 2.22. The molecule has 2 heterocycles. The van der Waals surface area contributed by atoms with Crippen LogP contribution in [0.15, 0.2) is 29.7 Å². The summed E-state index contributed by atoms with van der Waals surface area (Å²) in [4.78, 5) is 6.95. The first-order valence-corrected chi connectivity index (χ1v) is 5.98. The summed E-state index contributed by atoms with van der Waals surface area (Å²) in [5.41, 5.74) is 0. The minimum absolute atomic E-state index is 0.140. The molecular formula is C8H11N5O2S. The van der Waals surface area contributed by atoms with Gasteiger partial charge in [0.15, 0.2) is 0 Å².